The van der Waals surface area contributed by atoms with Crippen molar-refractivity contribution < 1.29 is 9.22 Å². The lowest BCUT2D eigenvalue weighted by molar-refractivity contribution is -0.848. The van der Waals surface area contributed by atoms with Gasteiger partial charge in [0.25, 0.3) is 0 Å². The number of hydrogen-bond donors (Lipinski definition) is 0. The number of ether oxygens (including phenoxy) is 1. The lowest BCUT2D eigenvalue weighted by Crippen LogP contribution is -2.30. The van der Waals surface area contributed by atoms with Gasteiger partial charge in [-0.3, -0.25) is 4.48 Å². The van der Waals surface area contributed by atoms with Gasteiger partial charge in [-0.2, -0.15) is 0 Å². The van der Waals surface area contributed by atoms with E-state index in [0.717, 1.165) is 15.8 Å². The quantitative estimate of drug-likeness (QED) is 0.740. The first-order valence-corrected chi connectivity index (χ1v) is 6.48. The minimum atomic E-state index is 0.704. The van der Waals surface area contributed by atoms with Crippen LogP contribution in [0.1, 0.15) is 5.56 Å². The topological polar surface area (TPSA) is 9.23 Å². The minimum Gasteiger partial charge on any atom is -0.439 e. The van der Waals surface area contributed by atoms with Gasteiger partial charge in [-0.25, -0.2) is 0 Å². The number of rotatable bonds is 2. The highest BCUT2D eigenvalue weighted by Crippen LogP contribution is 2.27. The molecule has 0 unspecified atom stereocenters. The molecule has 0 amide bonds. The molecule has 0 radical (unpaired) electrons. The van der Waals surface area contributed by atoms with Gasteiger partial charge in [-0.15, -0.1) is 0 Å². The highest BCUT2D eigenvalue weighted by atomic mass is 16.5. The van der Waals surface area contributed by atoms with Crippen LogP contribution in [0.4, 0.5) is 0 Å². The summed E-state index contributed by atoms with van der Waals surface area (Å²) in [4.78, 5) is 0. The molecule has 0 saturated heterocycles. The summed E-state index contributed by atoms with van der Waals surface area (Å²) in [6, 6.07) is 19.0. The Bertz CT molecular complexity index is 597. The molecule has 0 saturated carbocycles. The Morgan fingerprint density at radius 3 is 1.95 bits per heavy atom. The third-order valence-corrected chi connectivity index (χ3v) is 3.30. The van der Waals surface area contributed by atoms with Gasteiger partial charge in [0.2, 0.25) is 6.73 Å². The second kappa shape index (κ2) is 4.56. The van der Waals surface area contributed by atoms with E-state index in [4.69, 9.17) is 4.74 Å². The van der Waals surface area contributed by atoms with Crippen molar-refractivity contribution in [1.82, 2.24) is 0 Å². The van der Waals surface area contributed by atoms with Gasteiger partial charge in [0, 0.05) is 5.56 Å². The molecule has 19 heavy (non-hydrogen) atoms. The van der Waals surface area contributed by atoms with Crippen molar-refractivity contribution in [2.45, 2.75) is 0 Å². The van der Waals surface area contributed by atoms with Crippen LogP contribution in [0.15, 0.2) is 60.8 Å². The molecular weight excluding hydrogens is 234 g/mol. The van der Waals surface area contributed by atoms with Crippen molar-refractivity contribution in [2.24, 2.45) is 0 Å². The maximum atomic E-state index is 5.73. The van der Waals surface area contributed by atoms with Crippen LogP contribution < -0.4 is 0 Å². The van der Waals surface area contributed by atoms with Crippen LogP contribution in [0, 0.1) is 0 Å². The molecule has 2 aromatic carbocycles. The molecule has 0 aliphatic carbocycles. The number of quaternary nitrogens is 1. The fraction of sp³-hybridized carbons (Fsp3) is 0.176. The molecule has 96 valence electrons. The highest BCUT2D eigenvalue weighted by Gasteiger charge is 2.24. The average molecular weight is 252 g/mol. The fourth-order valence-electron chi connectivity index (χ4n) is 2.24. The van der Waals surface area contributed by atoms with Gasteiger partial charge in [0.1, 0.15) is 6.20 Å². The molecule has 1 aliphatic rings. The van der Waals surface area contributed by atoms with Crippen molar-refractivity contribution in [3.05, 3.63) is 66.4 Å². The van der Waals surface area contributed by atoms with Crippen molar-refractivity contribution in [2.75, 3.05) is 20.8 Å². The Hall–Kier alpha value is -2.06. The molecule has 3 rings (SSSR count). The minimum absolute atomic E-state index is 0.704. The van der Waals surface area contributed by atoms with Gasteiger partial charge < -0.3 is 4.74 Å². The Morgan fingerprint density at radius 2 is 1.37 bits per heavy atom. The van der Waals surface area contributed by atoms with E-state index in [1.807, 2.05) is 6.07 Å². The van der Waals surface area contributed by atoms with Crippen molar-refractivity contribution >= 4 is 5.76 Å². The first-order valence-electron chi connectivity index (χ1n) is 6.48. The van der Waals surface area contributed by atoms with E-state index in [0.29, 0.717) is 6.73 Å². The SMILES string of the molecule is C[N+]1(C)C=C(c2ccc(-c3ccccc3)cc2)OC1. The molecule has 0 bridgehead atoms. The zero-order chi connectivity index (χ0) is 13.3. The molecule has 1 heterocycles. The molecule has 1 aliphatic heterocycles. The number of nitrogens with zero attached hydrogens (tertiary/aromatic N) is 1. The van der Waals surface area contributed by atoms with E-state index in [-0.39, 0.29) is 0 Å². The predicted octanol–water partition coefficient (Wildman–Crippen LogP) is 3.72. The van der Waals surface area contributed by atoms with Crippen LogP contribution in [0.25, 0.3) is 16.9 Å². The van der Waals surface area contributed by atoms with Gasteiger partial charge in [-0.1, -0.05) is 54.6 Å². The molecule has 0 N–H and O–H groups in total. The fourth-order valence-corrected chi connectivity index (χ4v) is 2.24. The second-order valence-electron chi connectivity index (χ2n) is 5.49. The first kappa shape index (κ1) is 12.0. The number of hydrogen-bond acceptors (Lipinski definition) is 1. The molecular formula is C17H18NO+. The van der Waals surface area contributed by atoms with Crippen molar-refractivity contribution in [1.29, 1.82) is 0 Å². The summed E-state index contributed by atoms with van der Waals surface area (Å²) in [5, 5.41) is 0. The first-order chi connectivity index (χ1) is 9.14. The van der Waals surface area contributed by atoms with Crippen LogP contribution in [0.2, 0.25) is 0 Å². The van der Waals surface area contributed by atoms with E-state index >= 15 is 0 Å². The molecule has 0 atom stereocenters. The summed E-state index contributed by atoms with van der Waals surface area (Å²) in [5.41, 5.74) is 3.62. The van der Waals surface area contributed by atoms with E-state index in [1.54, 1.807) is 0 Å². The third kappa shape index (κ3) is 2.54. The highest BCUT2D eigenvalue weighted by molar-refractivity contribution is 5.67. The van der Waals surface area contributed by atoms with Crippen LogP contribution in [0.3, 0.4) is 0 Å². The Kier molecular flexibility index (Phi) is 2.88. The van der Waals surface area contributed by atoms with E-state index in [1.165, 1.54) is 11.1 Å². The maximum absolute atomic E-state index is 5.73. The summed E-state index contributed by atoms with van der Waals surface area (Å²) in [5.74, 6) is 0.976. The van der Waals surface area contributed by atoms with Gasteiger partial charge in [0.15, 0.2) is 5.76 Å². The molecule has 0 aromatic heterocycles. The summed E-state index contributed by atoms with van der Waals surface area (Å²) >= 11 is 0. The Balaban J connectivity index is 1.88. The van der Waals surface area contributed by atoms with Crippen molar-refractivity contribution in [3.63, 3.8) is 0 Å². The summed E-state index contributed by atoms with van der Waals surface area (Å²) < 4.78 is 6.51. The van der Waals surface area contributed by atoms with Gasteiger partial charge >= 0.3 is 0 Å². The van der Waals surface area contributed by atoms with E-state index < -0.39 is 0 Å². The maximum Gasteiger partial charge on any atom is 0.228 e. The zero-order valence-electron chi connectivity index (χ0n) is 11.3. The largest absolute Gasteiger partial charge is 0.439 e. The Labute approximate surface area is 114 Å². The summed E-state index contributed by atoms with van der Waals surface area (Å²) in [7, 11) is 4.26. The van der Waals surface area contributed by atoms with Crippen LogP contribution >= 0.6 is 0 Å². The lowest BCUT2D eigenvalue weighted by Gasteiger charge is -2.15. The Morgan fingerprint density at radius 1 is 0.789 bits per heavy atom. The predicted molar refractivity (Wildman–Crippen MR) is 77.9 cm³/mol. The monoisotopic (exact) mass is 252 g/mol. The molecule has 2 aromatic rings. The molecule has 0 fully saturated rings. The molecule has 2 heteroatoms. The smallest absolute Gasteiger partial charge is 0.228 e. The molecule has 0 spiro atoms. The second-order valence-corrected chi connectivity index (χ2v) is 5.49. The van der Waals surface area contributed by atoms with Gasteiger partial charge in [-0.05, 0) is 11.1 Å². The standard InChI is InChI=1S/C17H18NO/c1-18(2)12-17(19-13-18)16-10-8-15(9-11-16)14-6-4-3-5-7-14/h3-12H,13H2,1-2H3/q+1. The van der Waals surface area contributed by atoms with Crippen LogP contribution in [-0.4, -0.2) is 25.3 Å². The summed E-state index contributed by atoms with van der Waals surface area (Å²) in [6.07, 6.45) is 2.15. The summed E-state index contributed by atoms with van der Waals surface area (Å²) in [6.45, 7) is 0.704. The van der Waals surface area contributed by atoms with Crippen LogP contribution in [-0.2, 0) is 4.74 Å². The molecule has 2 nitrogen and oxygen atoms in total. The zero-order valence-corrected chi connectivity index (χ0v) is 11.3. The third-order valence-electron chi connectivity index (χ3n) is 3.30. The van der Waals surface area contributed by atoms with E-state index in [9.17, 15) is 0 Å². The number of benzene rings is 2. The average Bonchev–Trinajstić information content (AvgIpc) is 2.80. The normalized spacial score (nSPS) is 16.8. The van der Waals surface area contributed by atoms with E-state index in [2.05, 4.69) is 68.8 Å². The van der Waals surface area contributed by atoms with Crippen molar-refractivity contribution in [3.8, 4) is 11.1 Å². The van der Waals surface area contributed by atoms with Gasteiger partial charge in [0.05, 0.1) is 14.1 Å². The lowest BCUT2D eigenvalue weighted by atomic mass is 10.0. The van der Waals surface area contributed by atoms with Crippen LogP contribution in [0.5, 0.6) is 0 Å².